The molecular formula is C14H20N2O3. The van der Waals surface area contributed by atoms with Gasteiger partial charge >= 0.3 is 0 Å². The standard InChI is InChI=1S/C14H20N2O3/c15-13(18)5-3-1-2-4-12(14(16)19)10-6-8-11(17)9-7-10/h6-9,12,17H,1-5H2,(H2,15,18)(H2,16,19). The number of unbranched alkanes of at least 4 members (excludes halogenated alkanes) is 2. The van der Waals surface area contributed by atoms with Gasteiger partial charge < -0.3 is 16.6 Å². The number of phenolic OH excluding ortho intramolecular Hbond substituents is 1. The number of carbonyl (C=O) groups is 2. The Bertz CT molecular complexity index is 429. The van der Waals surface area contributed by atoms with Crippen molar-refractivity contribution in [1.82, 2.24) is 0 Å². The highest BCUT2D eigenvalue weighted by atomic mass is 16.3. The average molecular weight is 264 g/mol. The van der Waals surface area contributed by atoms with E-state index in [9.17, 15) is 14.7 Å². The minimum absolute atomic E-state index is 0.161. The molecule has 5 heteroatoms. The maximum Gasteiger partial charge on any atom is 0.224 e. The fraction of sp³-hybridized carbons (Fsp3) is 0.429. The molecule has 104 valence electrons. The Morgan fingerprint density at radius 1 is 1.05 bits per heavy atom. The molecule has 0 aliphatic heterocycles. The second-order valence-corrected chi connectivity index (χ2v) is 4.61. The second kappa shape index (κ2) is 7.41. The molecule has 0 fully saturated rings. The van der Waals surface area contributed by atoms with E-state index in [4.69, 9.17) is 11.5 Å². The summed E-state index contributed by atoms with van der Waals surface area (Å²) in [6, 6.07) is 6.49. The van der Waals surface area contributed by atoms with Gasteiger partial charge in [-0.1, -0.05) is 25.0 Å². The van der Waals surface area contributed by atoms with Gasteiger partial charge in [0.05, 0.1) is 5.92 Å². The highest BCUT2D eigenvalue weighted by Gasteiger charge is 2.17. The Balaban J connectivity index is 2.47. The van der Waals surface area contributed by atoms with Gasteiger partial charge in [-0.2, -0.15) is 0 Å². The topological polar surface area (TPSA) is 106 Å². The summed E-state index contributed by atoms with van der Waals surface area (Å²) >= 11 is 0. The summed E-state index contributed by atoms with van der Waals surface area (Å²) in [5.74, 6) is -0.867. The SMILES string of the molecule is NC(=O)CCCCCC(C(N)=O)c1ccc(O)cc1. The Labute approximate surface area is 112 Å². The van der Waals surface area contributed by atoms with Crippen LogP contribution >= 0.6 is 0 Å². The quantitative estimate of drug-likeness (QED) is 0.618. The maximum atomic E-state index is 11.4. The van der Waals surface area contributed by atoms with E-state index in [2.05, 4.69) is 0 Å². The smallest absolute Gasteiger partial charge is 0.224 e. The Hall–Kier alpha value is -2.04. The predicted octanol–water partition coefficient (Wildman–Crippen LogP) is 1.40. The third kappa shape index (κ3) is 5.42. The molecule has 2 amide bonds. The van der Waals surface area contributed by atoms with Crippen molar-refractivity contribution in [2.75, 3.05) is 0 Å². The number of amides is 2. The average Bonchev–Trinajstić information content (AvgIpc) is 2.34. The van der Waals surface area contributed by atoms with Gasteiger partial charge in [-0.15, -0.1) is 0 Å². The monoisotopic (exact) mass is 264 g/mol. The third-order valence-corrected chi connectivity index (χ3v) is 3.05. The molecule has 0 saturated carbocycles. The molecule has 0 spiro atoms. The fourth-order valence-corrected chi connectivity index (χ4v) is 2.00. The number of hydrogen-bond acceptors (Lipinski definition) is 3. The molecule has 1 aromatic carbocycles. The first-order valence-electron chi connectivity index (χ1n) is 6.37. The van der Waals surface area contributed by atoms with Gasteiger partial charge in [0.15, 0.2) is 0 Å². The number of nitrogens with two attached hydrogens (primary N) is 2. The molecule has 0 radical (unpaired) electrons. The van der Waals surface area contributed by atoms with E-state index in [1.54, 1.807) is 24.3 Å². The van der Waals surface area contributed by atoms with Crippen molar-refractivity contribution in [2.24, 2.45) is 11.5 Å². The Morgan fingerprint density at radius 3 is 2.21 bits per heavy atom. The first-order valence-corrected chi connectivity index (χ1v) is 6.37. The van der Waals surface area contributed by atoms with Crippen LogP contribution < -0.4 is 11.5 Å². The summed E-state index contributed by atoms with van der Waals surface area (Å²) in [6.45, 7) is 0. The zero-order valence-electron chi connectivity index (χ0n) is 10.8. The lowest BCUT2D eigenvalue weighted by Gasteiger charge is -2.13. The van der Waals surface area contributed by atoms with Gasteiger partial charge in [0.2, 0.25) is 11.8 Å². The molecule has 0 aliphatic rings. The van der Waals surface area contributed by atoms with E-state index in [1.807, 2.05) is 0 Å². The van der Waals surface area contributed by atoms with Crippen molar-refractivity contribution < 1.29 is 14.7 Å². The lowest BCUT2D eigenvalue weighted by Crippen LogP contribution is -2.21. The molecule has 19 heavy (non-hydrogen) atoms. The van der Waals surface area contributed by atoms with E-state index in [0.29, 0.717) is 12.8 Å². The van der Waals surface area contributed by atoms with E-state index in [0.717, 1.165) is 24.8 Å². The Morgan fingerprint density at radius 2 is 1.68 bits per heavy atom. The molecule has 1 aromatic rings. The minimum atomic E-state index is -0.374. The van der Waals surface area contributed by atoms with Crippen LogP contribution in [0, 0.1) is 0 Å². The molecule has 0 heterocycles. The fourth-order valence-electron chi connectivity index (χ4n) is 2.00. The van der Waals surface area contributed by atoms with Crippen LogP contribution in [-0.2, 0) is 9.59 Å². The zero-order valence-corrected chi connectivity index (χ0v) is 10.8. The summed E-state index contributed by atoms with van der Waals surface area (Å²) < 4.78 is 0. The number of rotatable bonds is 8. The molecule has 0 saturated heterocycles. The number of aromatic hydroxyl groups is 1. The summed E-state index contributed by atoms with van der Waals surface area (Å²) in [4.78, 5) is 22.0. The van der Waals surface area contributed by atoms with E-state index >= 15 is 0 Å². The highest BCUT2D eigenvalue weighted by molar-refractivity contribution is 5.81. The van der Waals surface area contributed by atoms with Gasteiger partial charge in [-0.3, -0.25) is 9.59 Å². The largest absolute Gasteiger partial charge is 0.508 e. The van der Waals surface area contributed by atoms with Gasteiger partial charge in [-0.05, 0) is 30.5 Å². The van der Waals surface area contributed by atoms with Crippen molar-refractivity contribution in [3.63, 3.8) is 0 Å². The zero-order chi connectivity index (χ0) is 14.3. The summed E-state index contributed by atoms with van der Waals surface area (Å²) in [7, 11) is 0. The van der Waals surface area contributed by atoms with Crippen molar-refractivity contribution >= 4 is 11.8 Å². The van der Waals surface area contributed by atoms with Crippen molar-refractivity contribution in [3.8, 4) is 5.75 Å². The lowest BCUT2D eigenvalue weighted by molar-refractivity contribution is -0.120. The molecule has 0 aromatic heterocycles. The van der Waals surface area contributed by atoms with E-state index in [1.165, 1.54) is 0 Å². The van der Waals surface area contributed by atoms with Crippen molar-refractivity contribution in [2.45, 2.75) is 38.0 Å². The number of hydrogen-bond donors (Lipinski definition) is 3. The van der Waals surface area contributed by atoms with Gasteiger partial charge in [-0.25, -0.2) is 0 Å². The summed E-state index contributed by atoms with van der Waals surface area (Å²) in [5.41, 5.74) is 11.3. The van der Waals surface area contributed by atoms with E-state index < -0.39 is 0 Å². The van der Waals surface area contributed by atoms with Gasteiger partial charge in [0.1, 0.15) is 5.75 Å². The van der Waals surface area contributed by atoms with Gasteiger partial charge in [0, 0.05) is 6.42 Å². The van der Waals surface area contributed by atoms with Gasteiger partial charge in [0.25, 0.3) is 0 Å². The lowest BCUT2D eigenvalue weighted by atomic mass is 9.92. The van der Waals surface area contributed by atoms with Crippen LogP contribution in [0.25, 0.3) is 0 Å². The molecule has 5 N–H and O–H groups in total. The van der Waals surface area contributed by atoms with Crippen LogP contribution in [0.1, 0.15) is 43.6 Å². The second-order valence-electron chi connectivity index (χ2n) is 4.61. The van der Waals surface area contributed by atoms with E-state index in [-0.39, 0.29) is 23.5 Å². The summed E-state index contributed by atoms with van der Waals surface area (Å²) in [5, 5.41) is 9.22. The molecular weight excluding hydrogens is 244 g/mol. The van der Waals surface area contributed by atoms with Crippen molar-refractivity contribution in [1.29, 1.82) is 0 Å². The minimum Gasteiger partial charge on any atom is -0.508 e. The number of benzene rings is 1. The van der Waals surface area contributed by atoms with Crippen LogP contribution in [0.15, 0.2) is 24.3 Å². The molecule has 0 bridgehead atoms. The van der Waals surface area contributed by atoms with Crippen LogP contribution in [-0.4, -0.2) is 16.9 Å². The maximum absolute atomic E-state index is 11.4. The first kappa shape index (κ1) is 15.0. The first-order chi connectivity index (χ1) is 9.00. The van der Waals surface area contributed by atoms with Crippen LogP contribution in [0.5, 0.6) is 5.75 Å². The third-order valence-electron chi connectivity index (χ3n) is 3.05. The molecule has 1 atom stereocenters. The normalized spacial score (nSPS) is 12.0. The molecule has 1 unspecified atom stereocenters. The summed E-state index contributed by atoms with van der Waals surface area (Å²) in [6.07, 6.45) is 3.39. The molecule has 5 nitrogen and oxygen atoms in total. The highest BCUT2D eigenvalue weighted by Crippen LogP contribution is 2.24. The van der Waals surface area contributed by atoms with Crippen LogP contribution in [0.3, 0.4) is 0 Å². The Kier molecular flexibility index (Phi) is 5.85. The number of carbonyl (C=O) groups excluding carboxylic acids is 2. The van der Waals surface area contributed by atoms with Crippen LogP contribution in [0.4, 0.5) is 0 Å². The number of phenols is 1. The molecule has 0 aliphatic carbocycles. The molecule has 1 rings (SSSR count). The predicted molar refractivity (Wildman–Crippen MR) is 72.3 cm³/mol. The van der Waals surface area contributed by atoms with Crippen LogP contribution in [0.2, 0.25) is 0 Å². The van der Waals surface area contributed by atoms with Crippen molar-refractivity contribution in [3.05, 3.63) is 29.8 Å². The number of primary amides is 2.